The molecule has 33 heavy (non-hydrogen) atoms. The van der Waals surface area contributed by atoms with Crippen LogP contribution in [0.25, 0.3) is 5.57 Å². The number of hydrogen-bond acceptors (Lipinski definition) is 4. The van der Waals surface area contributed by atoms with Crippen LogP contribution in [0.5, 0.6) is 0 Å². The molecule has 5 rings (SSSR count). The Balaban J connectivity index is 1.59. The number of rotatable bonds is 4. The van der Waals surface area contributed by atoms with Crippen LogP contribution < -0.4 is 4.90 Å². The van der Waals surface area contributed by atoms with E-state index in [4.69, 9.17) is 11.6 Å². The number of hydrogen-bond donors (Lipinski definition) is 1. The molecular weight excluding hydrogens is 432 g/mol. The second kappa shape index (κ2) is 7.74. The minimum atomic E-state index is -0.279. The van der Waals surface area contributed by atoms with E-state index >= 15 is 0 Å². The summed E-state index contributed by atoms with van der Waals surface area (Å²) in [5.41, 5.74) is 5.98. The summed E-state index contributed by atoms with van der Waals surface area (Å²) < 4.78 is 0. The van der Waals surface area contributed by atoms with Crippen molar-refractivity contribution in [3.05, 3.63) is 87.3 Å². The first kappa shape index (κ1) is 21.7. The van der Waals surface area contributed by atoms with Gasteiger partial charge < -0.3 is 10.0 Å². The minimum absolute atomic E-state index is 0.0253. The van der Waals surface area contributed by atoms with Crippen LogP contribution in [0.1, 0.15) is 45.2 Å². The van der Waals surface area contributed by atoms with Crippen molar-refractivity contribution in [1.82, 2.24) is 0 Å². The molecule has 5 heteroatoms. The molecule has 4 nitrogen and oxygen atoms in total. The number of halogens is 1. The lowest BCUT2D eigenvalue weighted by Crippen LogP contribution is -2.30. The summed E-state index contributed by atoms with van der Waals surface area (Å²) in [4.78, 5) is 19.9. The first-order chi connectivity index (χ1) is 15.7. The molecule has 3 aliphatic rings. The molecule has 0 atom stereocenters. The second-order valence-electron chi connectivity index (χ2n) is 9.81. The monoisotopic (exact) mass is 458 g/mol. The number of anilines is 1. The average molecular weight is 459 g/mol. The highest BCUT2D eigenvalue weighted by atomic mass is 35.5. The van der Waals surface area contributed by atoms with E-state index in [1.807, 2.05) is 12.1 Å². The highest BCUT2D eigenvalue weighted by Gasteiger charge is 2.43. The molecule has 0 bridgehead atoms. The molecule has 0 amide bonds. The van der Waals surface area contributed by atoms with Gasteiger partial charge in [-0.1, -0.05) is 57.5 Å². The molecule has 168 valence electrons. The zero-order valence-electron chi connectivity index (χ0n) is 19.3. The first-order valence-electron chi connectivity index (χ1n) is 11.4. The van der Waals surface area contributed by atoms with E-state index in [1.165, 1.54) is 11.3 Å². The standard InChI is InChI=1S/C28H27ClN2O2/c1-16(2)11-12-31-23-8-6-5-7-21(23)28(3,4)24(31)14-19-26(32)25(27(19)33)20-15-30-22-10-9-17(29)13-18(20)22/h5-10,13-16,32H,11-12H2,1-4H3. The van der Waals surface area contributed by atoms with Gasteiger partial charge in [-0.2, -0.15) is 0 Å². The van der Waals surface area contributed by atoms with Crippen LogP contribution in [0.3, 0.4) is 0 Å². The van der Waals surface area contributed by atoms with Gasteiger partial charge in [0.15, 0.2) is 0 Å². The number of ketones is 1. The number of carbonyl (C=O) groups excluding carboxylic acids is 1. The van der Waals surface area contributed by atoms with E-state index in [-0.39, 0.29) is 17.0 Å². The number of nitrogens with zero attached hydrogens (tertiary/aromatic N) is 2. The molecule has 1 aliphatic carbocycles. The highest BCUT2D eigenvalue weighted by Crippen LogP contribution is 2.49. The maximum Gasteiger partial charge on any atom is 0.201 e. The van der Waals surface area contributed by atoms with Gasteiger partial charge in [-0.3, -0.25) is 9.79 Å². The Morgan fingerprint density at radius 2 is 1.94 bits per heavy atom. The third kappa shape index (κ3) is 3.36. The lowest BCUT2D eigenvalue weighted by Gasteiger charge is -2.30. The third-order valence-corrected chi connectivity index (χ3v) is 7.06. The van der Waals surface area contributed by atoms with E-state index in [0.717, 1.165) is 29.9 Å². The predicted molar refractivity (Wildman–Crippen MR) is 136 cm³/mol. The number of aliphatic hydroxyl groups excluding tert-OH is 1. The quantitative estimate of drug-likeness (QED) is 0.505. The SMILES string of the molecule is CC(C)CCN1C(=CC2=C(O)C(=C3C=Nc4ccc(Cl)cc43)C2=O)C(C)(C)c2ccccc21. The van der Waals surface area contributed by atoms with Crippen LogP contribution in [0.15, 0.2) is 76.1 Å². The summed E-state index contributed by atoms with van der Waals surface area (Å²) in [7, 11) is 0. The van der Waals surface area contributed by atoms with E-state index in [0.29, 0.717) is 27.7 Å². The maximum atomic E-state index is 13.3. The summed E-state index contributed by atoms with van der Waals surface area (Å²) in [6, 6.07) is 13.8. The molecule has 0 unspecified atom stereocenters. The molecule has 0 radical (unpaired) electrons. The first-order valence-corrected chi connectivity index (χ1v) is 11.7. The van der Waals surface area contributed by atoms with Gasteiger partial charge in [0, 0.05) is 45.7 Å². The van der Waals surface area contributed by atoms with Gasteiger partial charge in [-0.05, 0) is 48.2 Å². The molecule has 2 heterocycles. The molecule has 2 aromatic rings. The topological polar surface area (TPSA) is 52.9 Å². The van der Waals surface area contributed by atoms with Crippen LogP contribution in [-0.2, 0) is 10.2 Å². The number of aliphatic hydroxyl groups is 1. The van der Waals surface area contributed by atoms with E-state index < -0.39 is 0 Å². The van der Waals surface area contributed by atoms with Gasteiger partial charge in [-0.25, -0.2) is 0 Å². The van der Waals surface area contributed by atoms with Gasteiger partial charge in [0.2, 0.25) is 5.78 Å². The van der Waals surface area contributed by atoms with Crippen molar-refractivity contribution in [2.75, 3.05) is 11.4 Å². The molecular formula is C28H27ClN2O2. The Bertz CT molecular complexity index is 1310. The van der Waals surface area contributed by atoms with Gasteiger partial charge in [-0.15, -0.1) is 0 Å². The minimum Gasteiger partial charge on any atom is -0.506 e. The lowest BCUT2D eigenvalue weighted by atomic mass is 9.79. The van der Waals surface area contributed by atoms with E-state index in [2.05, 4.69) is 61.9 Å². The summed E-state index contributed by atoms with van der Waals surface area (Å²) in [6.07, 6.45) is 4.55. The Morgan fingerprint density at radius 3 is 2.67 bits per heavy atom. The van der Waals surface area contributed by atoms with Crippen molar-refractivity contribution in [3.8, 4) is 0 Å². The molecule has 0 aromatic heterocycles. The van der Waals surface area contributed by atoms with Crippen molar-refractivity contribution in [3.63, 3.8) is 0 Å². The summed E-state index contributed by atoms with van der Waals surface area (Å²) in [5, 5.41) is 11.6. The fourth-order valence-electron chi connectivity index (χ4n) is 4.91. The molecule has 0 spiro atoms. The molecule has 0 saturated carbocycles. The summed E-state index contributed by atoms with van der Waals surface area (Å²) >= 11 is 6.16. The Kier molecular flexibility index (Phi) is 5.09. The zero-order valence-corrected chi connectivity index (χ0v) is 20.1. The van der Waals surface area contributed by atoms with Gasteiger partial charge in [0.1, 0.15) is 5.76 Å². The van der Waals surface area contributed by atoms with E-state index in [1.54, 1.807) is 18.3 Å². The van der Waals surface area contributed by atoms with Gasteiger partial charge in [0.05, 0.1) is 16.8 Å². The number of Topliss-reactive ketones (excluding diaryl/α,β-unsaturated/α-hetero) is 1. The van der Waals surface area contributed by atoms with Crippen LogP contribution in [0.2, 0.25) is 5.02 Å². The van der Waals surface area contributed by atoms with Crippen LogP contribution in [0.4, 0.5) is 11.4 Å². The second-order valence-corrected chi connectivity index (χ2v) is 10.2. The van der Waals surface area contributed by atoms with Crippen LogP contribution in [0, 0.1) is 5.92 Å². The van der Waals surface area contributed by atoms with Crippen LogP contribution >= 0.6 is 11.6 Å². The Hall–Kier alpha value is -3.11. The summed E-state index contributed by atoms with van der Waals surface area (Å²) in [6.45, 7) is 9.64. The van der Waals surface area contributed by atoms with Gasteiger partial charge >= 0.3 is 0 Å². The fourth-order valence-corrected chi connectivity index (χ4v) is 5.08. The highest BCUT2D eigenvalue weighted by molar-refractivity contribution is 6.34. The van der Waals surface area contributed by atoms with Crippen molar-refractivity contribution in [2.24, 2.45) is 10.9 Å². The molecule has 0 saturated heterocycles. The summed E-state index contributed by atoms with van der Waals surface area (Å²) in [5.74, 6) is 0.423. The normalized spacial score (nSPS) is 21.8. The van der Waals surface area contributed by atoms with E-state index in [9.17, 15) is 9.90 Å². The van der Waals surface area contributed by atoms with Crippen molar-refractivity contribution >= 4 is 40.5 Å². The lowest BCUT2D eigenvalue weighted by molar-refractivity contribution is -0.113. The number of carbonyl (C=O) groups is 1. The molecule has 0 fully saturated rings. The van der Waals surface area contributed by atoms with Crippen LogP contribution in [-0.4, -0.2) is 23.6 Å². The Labute approximate surface area is 199 Å². The average Bonchev–Trinajstić information content (AvgIpc) is 3.27. The fraction of sp³-hybridized carbons (Fsp3) is 0.286. The molecule has 1 N–H and O–H groups in total. The molecule has 2 aromatic carbocycles. The number of para-hydroxylation sites is 1. The largest absolute Gasteiger partial charge is 0.506 e. The smallest absolute Gasteiger partial charge is 0.201 e. The molecule has 2 aliphatic heterocycles. The van der Waals surface area contributed by atoms with Crippen molar-refractivity contribution in [1.29, 1.82) is 0 Å². The maximum absolute atomic E-state index is 13.3. The number of fused-ring (bicyclic) bond motifs is 2. The zero-order chi connectivity index (χ0) is 23.5. The van der Waals surface area contributed by atoms with Crippen molar-refractivity contribution in [2.45, 2.75) is 39.5 Å². The Morgan fingerprint density at radius 1 is 1.18 bits per heavy atom. The predicted octanol–water partition coefficient (Wildman–Crippen LogP) is 6.93. The third-order valence-electron chi connectivity index (χ3n) is 6.82. The number of benzene rings is 2. The number of allylic oxidation sites excluding steroid dienone is 5. The number of aliphatic imine (C=N–C) groups is 1. The van der Waals surface area contributed by atoms with Gasteiger partial charge in [0.25, 0.3) is 0 Å². The van der Waals surface area contributed by atoms with Crippen molar-refractivity contribution < 1.29 is 9.90 Å².